The molecule has 1 unspecified atom stereocenters. The number of hydrogen-bond donors (Lipinski definition) is 0. The van der Waals surface area contributed by atoms with Crippen molar-refractivity contribution in [2.45, 2.75) is 32.6 Å². The number of rotatable bonds is 4. The number of nitrogens with zero attached hydrogens (tertiary/aromatic N) is 1. The summed E-state index contributed by atoms with van der Waals surface area (Å²) < 4.78 is 33.2. The molecular weight excluding hydrogens is 471 g/mol. The number of morpholine rings is 1. The first-order valence-electron chi connectivity index (χ1n) is 10.6. The first-order valence-corrected chi connectivity index (χ1v) is 11.4. The van der Waals surface area contributed by atoms with Crippen LogP contribution in [0.2, 0.25) is 10.0 Å². The summed E-state index contributed by atoms with van der Waals surface area (Å²) in [5.74, 6) is -4.14. The third-order valence-electron chi connectivity index (χ3n) is 6.27. The maximum absolute atomic E-state index is 14.0. The van der Waals surface area contributed by atoms with E-state index in [9.17, 15) is 18.4 Å². The van der Waals surface area contributed by atoms with Crippen LogP contribution in [0.4, 0.5) is 8.78 Å². The Hall–Kier alpha value is -2.28. The van der Waals surface area contributed by atoms with E-state index in [4.69, 9.17) is 27.9 Å². The van der Waals surface area contributed by atoms with Crippen molar-refractivity contribution in [2.75, 3.05) is 26.3 Å². The largest absolute Gasteiger partial charge is 0.378 e. The molecule has 4 nitrogen and oxygen atoms in total. The third kappa shape index (κ3) is 4.32. The Kier molecular flexibility index (Phi) is 6.38. The van der Waals surface area contributed by atoms with Crippen LogP contribution in [0.15, 0.2) is 29.8 Å². The lowest BCUT2D eigenvalue weighted by Gasteiger charge is -2.27. The Morgan fingerprint density at radius 1 is 1.15 bits per heavy atom. The Balaban J connectivity index is 1.72. The molecule has 1 fully saturated rings. The van der Waals surface area contributed by atoms with Crippen molar-refractivity contribution in [3.63, 3.8) is 0 Å². The number of Topliss-reactive ketones (excluding diaryl/α,β-unsaturated/α-hetero) is 1. The number of aryl methyl sites for hydroxylation is 1. The highest BCUT2D eigenvalue weighted by atomic mass is 35.5. The molecule has 8 heteroatoms. The number of fused-ring (bicyclic) bond motifs is 1. The molecule has 0 saturated carbocycles. The van der Waals surface area contributed by atoms with Gasteiger partial charge in [0.2, 0.25) is 0 Å². The molecule has 1 atom stereocenters. The van der Waals surface area contributed by atoms with E-state index in [1.165, 1.54) is 24.3 Å². The first kappa shape index (κ1) is 23.9. The van der Waals surface area contributed by atoms with Crippen molar-refractivity contribution in [3.05, 3.63) is 73.3 Å². The van der Waals surface area contributed by atoms with Crippen LogP contribution in [-0.2, 0) is 10.7 Å². The molecule has 33 heavy (non-hydrogen) atoms. The van der Waals surface area contributed by atoms with E-state index in [0.29, 0.717) is 43.0 Å². The number of halogens is 4. The van der Waals surface area contributed by atoms with Crippen LogP contribution in [0.25, 0.3) is 6.08 Å². The van der Waals surface area contributed by atoms with Gasteiger partial charge >= 0.3 is 0 Å². The fourth-order valence-electron chi connectivity index (χ4n) is 4.35. The molecule has 0 bridgehead atoms. The second-order valence-electron chi connectivity index (χ2n) is 8.52. The van der Waals surface area contributed by atoms with Gasteiger partial charge in [0.1, 0.15) is 0 Å². The Morgan fingerprint density at radius 2 is 1.82 bits per heavy atom. The number of allylic oxidation sites excluding steroid dienone is 1. The number of ether oxygens (including phenoxy) is 1. The number of benzene rings is 2. The molecule has 1 aliphatic heterocycles. The van der Waals surface area contributed by atoms with Crippen molar-refractivity contribution in [1.82, 2.24) is 4.90 Å². The molecule has 1 saturated heterocycles. The van der Waals surface area contributed by atoms with Gasteiger partial charge in [-0.2, -0.15) is 0 Å². The van der Waals surface area contributed by atoms with Gasteiger partial charge in [-0.05, 0) is 54.0 Å². The van der Waals surface area contributed by atoms with Gasteiger partial charge in [0.15, 0.2) is 5.78 Å². The molecule has 1 heterocycles. The highest BCUT2D eigenvalue weighted by Gasteiger charge is 2.34. The highest BCUT2D eigenvalue weighted by molar-refractivity contribution is 6.43. The zero-order chi connectivity index (χ0) is 24.1. The number of amides is 1. The summed E-state index contributed by atoms with van der Waals surface area (Å²) in [6.07, 6.45) is 1.71. The van der Waals surface area contributed by atoms with Crippen LogP contribution in [0.1, 0.15) is 62.7 Å². The minimum atomic E-state index is -2.99. The second kappa shape index (κ2) is 8.82. The predicted molar refractivity (Wildman–Crippen MR) is 125 cm³/mol. The summed E-state index contributed by atoms with van der Waals surface area (Å²) in [6.45, 7) is 6.12. The van der Waals surface area contributed by atoms with E-state index < -0.39 is 17.6 Å². The molecule has 1 amide bonds. The molecule has 174 valence electrons. The second-order valence-corrected chi connectivity index (χ2v) is 9.31. The maximum Gasteiger partial charge on any atom is 0.270 e. The molecule has 1 aliphatic carbocycles. The summed E-state index contributed by atoms with van der Waals surface area (Å²) in [5.41, 5.74) is 2.59. The zero-order valence-electron chi connectivity index (χ0n) is 18.5. The van der Waals surface area contributed by atoms with Crippen LogP contribution in [-0.4, -0.2) is 42.9 Å². The summed E-state index contributed by atoms with van der Waals surface area (Å²) in [7, 11) is 0. The van der Waals surface area contributed by atoms with Crippen LogP contribution < -0.4 is 0 Å². The molecule has 0 spiro atoms. The van der Waals surface area contributed by atoms with Crippen LogP contribution in [0.5, 0.6) is 0 Å². The van der Waals surface area contributed by atoms with E-state index in [1.54, 1.807) is 24.8 Å². The zero-order valence-corrected chi connectivity index (χ0v) is 20.0. The lowest BCUT2D eigenvalue weighted by Crippen LogP contribution is -2.40. The van der Waals surface area contributed by atoms with Gasteiger partial charge in [-0.1, -0.05) is 30.1 Å². The predicted octanol–water partition coefficient (Wildman–Crippen LogP) is 6.27. The van der Waals surface area contributed by atoms with Gasteiger partial charge in [0.25, 0.3) is 11.8 Å². The van der Waals surface area contributed by atoms with Gasteiger partial charge in [0, 0.05) is 37.1 Å². The maximum atomic E-state index is 14.0. The molecule has 0 N–H and O–H groups in total. The van der Waals surface area contributed by atoms with Crippen molar-refractivity contribution >= 4 is 41.0 Å². The molecule has 2 aliphatic rings. The van der Waals surface area contributed by atoms with Gasteiger partial charge in [0.05, 0.1) is 34.4 Å². The molecule has 2 aromatic carbocycles. The summed E-state index contributed by atoms with van der Waals surface area (Å²) >= 11 is 12.9. The number of alkyl halides is 2. The number of ketones is 1. The van der Waals surface area contributed by atoms with Crippen LogP contribution in [0.3, 0.4) is 0 Å². The van der Waals surface area contributed by atoms with Gasteiger partial charge in [-0.3, -0.25) is 9.59 Å². The van der Waals surface area contributed by atoms with Crippen molar-refractivity contribution in [3.8, 4) is 0 Å². The number of hydrogen-bond acceptors (Lipinski definition) is 3. The van der Waals surface area contributed by atoms with Gasteiger partial charge in [-0.25, -0.2) is 8.78 Å². The van der Waals surface area contributed by atoms with Crippen LogP contribution >= 0.6 is 23.2 Å². The summed E-state index contributed by atoms with van der Waals surface area (Å²) in [4.78, 5) is 28.2. The average Bonchev–Trinajstić information content (AvgIpc) is 3.10. The monoisotopic (exact) mass is 493 g/mol. The highest BCUT2D eigenvalue weighted by Crippen LogP contribution is 2.43. The SMILES string of the molecule is Cc1cc(C(C)(F)F)cc2c1C=C(C(=O)c1c(Cl)ccc(C(=O)N3CCOCC3)c1Cl)C2C. The molecular formula is C25H23Cl2F2NO3. The molecule has 4 rings (SSSR count). The quantitative estimate of drug-likeness (QED) is 0.471. The summed E-state index contributed by atoms with van der Waals surface area (Å²) in [6, 6.07) is 5.89. The Bertz CT molecular complexity index is 1180. The number of carbonyl (C=O) groups is 2. The smallest absolute Gasteiger partial charge is 0.270 e. The van der Waals surface area contributed by atoms with E-state index in [0.717, 1.165) is 12.5 Å². The number of carbonyl (C=O) groups excluding carboxylic acids is 2. The standard InChI is InChI=1S/C25H23Cl2F2NO3/c1-13-10-15(25(3,28)29)11-18-14(2)19(12-17(13)18)23(31)21-20(26)5-4-16(22(21)27)24(32)30-6-8-33-9-7-30/h4-5,10-12,14H,6-9H2,1-3H3. The van der Waals surface area contributed by atoms with E-state index in [1.807, 2.05) is 0 Å². The Morgan fingerprint density at radius 3 is 2.45 bits per heavy atom. The van der Waals surface area contributed by atoms with E-state index >= 15 is 0 Å². The lowest BCUT2D eigenvalue weighted by molar-refractivity contribution is 0.0173. The lowest BCUT2D eigenvalue weighted by atomic mass is 9.89. The first-order chi connectivity index (χ1) is 15.5. The fourth-order valence-corrected chi connectivity index (χ4v) is 4.97. The van der Waals surface area contributed by atoms with Crippen molar-refractivity contribution < 1.29 is 23.1 Å². The topological polar surface area (TPSA) is 46.6 Å². The minimum Gasteiger partial charge on any atom is -0.378 e. The third-order valence-corrected chi connectivity index (χ3v) is 6.98. The van der Waals surface area contributed by atoms with Crippen molar-refractivity contribution in [2.24, 2.45) is 0 Å². The van der Waals surface area contributed by atoms with Crippen molar-refractivity contribution in [1.29, 1.82) is 0 Å². The Labute approximate surface area is 201 Å². The molecule has 0 radical (unpaired) electrons. The summed E-state index contributed by atoms with van der Waals surface area (Å²) in [5, 5.41) is 0.121. The van der Waals surface area contributed by atoms with Crippen LogP contribution in [0, 0.1) is 6.92 Å². The fraction of sp³-hybridized carbons (Fsp3) is 0.360. The molecule has 2 aromatic rings. The normalized spacial score (nSPS) is 18.2. The van der Waals surface area contributed by atoms with E-state index in [2.05, 4.69) is 0 Å². The minimum absolute atomic E-state index is 0.00875. The van der Waals surface area contributed by atoms with Gasteiger partial charge < -0.3 is 9.64 Å². The van der Waals surface area contributed by atoms with Gasteiger partial charge in [-0.15, -0.1) is 0 Å². The molecule has 0 aromatic heterocycles. The van der Waals surface area contributed by atoms with E-state index in [-0.39, 0.29) is 32.6 Å². The average molecular weight is 494 g/mol.